The van der Waals surface area contributed by atoms with Crippen molar-refractivity contribution in [2.24, 2.45) is 0 Å². The van der Waals surface area contributed by atoms with E-state index in [0.717, 1.165) is 10.8 Å². The molecule has 76 valence electrons. The Kier molecular flexibility index (Phi) is 2.60. The molecule has 1 N–H and O–H groups in total. The lowest BCUT2D eigenvalue weighted by Gasteiger charge is -2.06. The van der Waals surface area contributed by atoms with Crippen LogP contribution in [0, 0.1) is 0 Å². The number of halogens is 1. The van der Waals surface area contributed by atoms with Gasteiger partial charge in [-0.2, -0.15) is 0 Å². The third kappa shape index (κ3) is 1.68. The average Bonchev–Trinajstić information content (AvgIpc) is 2.29. The molecule has 0 radical (unpaired) electrons. The Bertz CT molecular complexity index is 522. The minimum Gasteiger partial charge on any atom is -0.355 e. The molecule has 0 bridgehead atoms. The number of benzene rings is 2. The van der Waals surface area contributed by atoms with Crippen molar-refractivity contribution >= 4 is 28.3 Å². The number of carbonyl (C=O) groups excluding carboxylic acids is 1. The third-order valence-corrected chi connectivity index (χ3v) is 2.67. The van der Waals surface area contributed by atoms with Crippen LogP contribution in [0.15, 0.2) is 36.4 Å². The molecule has 0 fully saturated rings. The van der Waals surface area contributed by atoms with Crippen molar-refractivity contribution in [2.75, 3.05) is 7.05 Å². The van der Waals surface area contributed by atoms with Crippen LogP contribution in [0.4, 0.5) is 0 Å². The molecule has 0 aliphatic carbocycles. The standard InChI is InChI=1S/C12H10ClNO/c1-14-12(15)10-6-7-11(13)9-5-3-2-4-8(9)10/h2-7H,1H3,(H,14,15). The first-order valence-corrected chi connectivity index (χ1v) is 5.01. The van der Waals surface area contributed by atoms with Gasteiger partial charge in [-0.05, 0) is 17.5 Å². The topological polar surface area (TPSA) is 29.1 Å². The summed E-state index contributed by atoms with van der Waals surface area (Å²) in [5, 5.41) is 5.06. The van der Waals surface area contributed by atoms with Gasteiger partial charge in [0.2, 0.25) is 0 Å². The Labute approximate surface area is 92.9 Å². The van der Waals surface area contributed by atoms with Crippen LogP contribution in [-0.4, -0.2) is 13.0 Å². The Morgan fingerprint density at radius 1 is 1.13 bits per heavy atom. The van der Waals surface area contributed by atoms with Gasteiger partial charge in [-0.3, -0.25) is 4.79 Å². The van der Waals surface area contributed by atoms with Crippen LogP contribution >= 0.6 is 11.6 Å². The van der Waals surface area contributed by atoms with Crippen molar-refractivity contribution in [2.45, 2.75) is 0 Å². The van der Waals surface area contributed by atoms with Crippen molar-refractivity contribution in [1.29, 1.82) is 0 Å². The molecule has 0 heterocycles. The first-order chi connectivity index (χ1) is 7.24. The Balaban J connectivity index is 2.77. The van der Waals surface area contributed by atoms with Crippen molar-refractivity contribution in [1.82, 2.24) is 5.32 Å². The van der Waals surface area contributed by atoms with E-state index in [1.807, 2.05) is 24.3 Å². The van der Waals surface area contributed by atoms with Gasteiger partial charge in [-0.25, -0.2) is 0 Å². The van der Waals surface area contributed by atoms with Gasteiger partial charge in [-0.1, -0.05) is 35.9 Å². The predicted molar refractivity (Wildman–Crippen MR) is 62.3 cm³/mol. The summed E-state index contributed by atoms with van der Waals surface area (Å²) in [6.45, 7) is 0. The summed E-state index contributed by atoms with van der Waals surface area (Å²) in [6.07, 6.45) is 0. The van der Waals surface area contributed by atoms with Crippen molar-refractivity contribution < 1.29 is 4.79 Å². The Morgan fingerprint density at radius 2 is 1.80 bits per heavy atom. The molecular weight excluding hydrogens is 210 g/mol. The number of hydrogen-bond acceptors (Lipinski definition) is 1. The largest absolute Gasteiger partial charge is 0.355 e. The molecule has 0 saturated heterocycles. The SMILES string of the molecule is CNC(=O)c1ccc(Cl)c2ccccc12. The van der Waals surface area contributed by atoms with E-state index in [4.69, 9.17) is 11.6 Å². The van der Waals surface area contributed by atoms with E-state index in [9.17, 15) is 4.79 Å². The first kappa shape index (κ1) is 9.99. The second-order valence-corrected chi connectivity index (χ2v) is 3.63. The lowest BCUT2D eigenvalue weighted by atomic mass is 10.0. The monoisotopic (exact) mass is 219 g/mol. The molecule has 0 saturated carbocycles. The van der Waals surface area contributed by atoms with Crippen LogP contribution in [-0.2, 0) is 0 Å². The summed E-state index contributed by atoms with van der Waals surface area (Å²) in [6, 6.07) is 11.1. The van der Waals surface area contributed by atoms with Crippen molar-refractivity contribution in [3.8, 4) is 0 Å². The number of hydrogen-bond donors (Lipinski definition) is 1. The van der Waals surface area contributed by atoms with Crippen molar-refractivity contribution in [3.63, 3.8) is 0 Å². The zero-order valence-corrected chi connectivity index (χ0v) is 9.01. The lowest BCUT2D eigenvalue weighted by Crippen LogP contribution is -2.17. The quantitative estimate of drug-likeness (QED) is 0.785. The fourth-order valence-corrected chi connectivity index (χ4v) is 1.82. The summed E-state index contributed by atoms with van der Waals surface area (Å²) in [4.78, 5) is 11.6. The number of carbonyl (C=O) groups is 1. The van der Waals surface area contributed by atoms with Crippen LogP contribution in [0.25, 0.3) is 10.8 Å². The molecule has 2 aromatic carbocycles. The van der Waals surface area contributed by atoms with E-state index >= 15 is 0 Å². The van der Waals surface area contributed by atoms with Crippen LogP contribution in [0.2, 0.25) is 5.02 Å². The van der Waals surface area contributed by atoms with E-state index in [-0.39, 0.29) is 5.91 Å². The highest BCUT2D eigenvalue weighted by Crippen LogP contribution is 2.26. The molecule has 2 aromatic rings. The number of fused-ring (bicyclic) bond motifs is 1. The summed E-state index contributed by atoms with van der Waals surface area (Å²) in [7, 11) is 1.62. The molecule has 15 heavy (non-hydrogen) atoms. The first-order valence-electron chi connectivity index (χ1n) is 4.63. The van der Waals surface area contributed by atoms with Gasteiger partial charge in [0.1, 0.15) is 0 Å². The van der Waals surface area contributed by atoms with E-state index in [2.05, 4.69) is 5.32 Å². The highest BCUT2D eigenvalue weighted by Gasteiger charge is 2.09. The number of amides is 1. The maximum atomic E-state index is 11.6. The average molecular weight is 220 g/mol. The van der Waals surface area contributed by atoms with Crippen LogP contribution in [0.5, 0.6) is 0 Å². The maximum Gasteiger partial charge on any atom is 0.251 e. The number of rotatable bonds is 1. The fourth-order valence-electron chi connectivity index (χ4n) is 1.59. The van der Waals surface area contributed by atoms with Gasteiger partial charge in [-0.15, -0.1) is 0 Å². The van der Waals surface area contributed by atoms with Gasteiger partial charge in [0.05, 0.1) is 0 Å². The van der Waals surface area contributed by atoms with E-state index in [1.165, 1.54) is 0 Å². The highest BCUT2D eigenvalue weighted by atomic mass is 35.5. The summed E-state index contributed by atoms with van der Waals surface area (Å²) < 4.78 is 0. The predicted octanol–water partition coefficient (Wildman–Crippen LogP) is 2.85. The maximum absolute atomic E-state index is 11.6. The fraction of sp³-hybridized carbons (Fsp3) is 0.0833. The summed E-state index contributed by atoms with van der Waals surface area (Å²) in [5.74, 6) is -0.0946. The second kappa shape index (κ2) is 3.91. The summed E-state index contributed by atoms with van der Waals surface area (Å²) in [5.41, 5.74) is 0.650. The van der Waals surface area contributed by atoms with Crippen molar-refractivity contribution in [3.05, 3.63) is 47.0 Å². The van der Waals surface area contributed by atoms with Crippen LogP contribution in [0.1, 0.15) is 10.4 Å². The molecule has 3 heteroatoms. The smallest absolute Gasteiger partial charge is 0.251 e. The second-order valence-electron chi connectivity index (χ2n) is 3.22. The van der Waals surface area contributed by atoms with E-state index in [0.29, 0.717) is 10.6 Å². The molecule has 0 aromatic heterocycles. The van der Waals surface area contributed by atoms with Gasteiger partial charge >= 0.3 is 0 Å². The van der Waals surface area contributed by atoms with Crippen LogP contribution in [0.3, 0.4) is 0 Å². The lowest BCUT2D eigenvalue weighted by molar-refractivity contribution is 0.0965. The molecule has 2 nitrogen and oxygen atoms in total. The van der Waals surface area contributed by atoms with Crippen LogP contribution < -0.4 is 5.32 Å². The minimum absolute atomic E-state index is 0.0946. The normalized spacial score (nSPS) is 10.3. The zero-order valence-electron chi connectivity index (χ0n) is 8.25. The van der Waals surface area contributed by atoms with Gasteiger partial charge in [0.25, 0.3) is 5.91 Å². The molecule has 1 amide bonds. The zero-order chi connectivity index (χ0) is 10.8. The number of nitrogens with one attached hydrogen (secondary N) is 1. The van der Waals surface area contributed by atoms with E-state index < -0.39 is 0 Å². The molecular formula is C12H10ClNO. The minimum atomic E-state index is -0.0946. The highest BCUT2D eigenvalue weighted by molar-refractivity contribution is 6.36. The molecule has 0 unspecified atom stereocenters. The molecule has 2 rings (SSSR count). The third-order valence-electron chi connectivity index (χ3n) is 2.34. The Hall–Kier alpha value is -1.54. The van der Waals surface area contributed by atoms with Gasteiger partial charge < -0.3 is 5.32 Å². The molecule has 0 atom stereocenters. The molecule has 0 aliphatic heterocycles. The van der Waals surface area contributed by atoms with Gasteiger partial charge in [0, 0.05) is 23.0 Å². The summed E-state index contributed by atoms with van der Waals surface area (Å²) >= 11 is 6.05. The molecule has 0 spiro atoms. The van der Waals surface area contributed by atoms with Gasteiger partial charge in [0.15, 0.2) is 0 Å². The Morgan fingerprint density at radius 3 is 2.47 bits per heavy atom. The van der Waals surface area contributed by atoms with E-state index in [1.54, 1.807) is 19.2 Å². The molecule has 0 aliphatic rings.